The number of ether oxygens (including phenoxy) is 1. The van der Waals surface area contributed by atoms with Crippen LogP contribution in [0.2, 0.25) is 0 Å². The van der Waals surface area contributed by atoms with E-state index in [2.05, 4.69) is 46.5 Å². The minimum atomic E-state index is -0.434. The van der Waals surface area contributed by atoms with E-state index in [1.54, 1.807) is 0 Å². The summed E-state index contributed by atoms with van der Waals surface area (Å²) < 4.78 is 18.5. The van der Waals surface area contributed by atoms with Gasteiger partial charge in [0.15, 0.2) is 0 Å². The van der Waals surface area contributed by atoms with Gasteiger partial charge in [-0.1, -0.05) is 26.8 Å². The quantitative estimate of drug-likeness (QED) is 0.588. The first-order valence-electron chi connectivity index (χ1n) is 12.5. The summed E-state index contributed by atoms with van der Waals surface area (Å²) >= 11 is 0. The lowest BCUT2D eigenvalue weighted by Crippen LogP contribution is -2.41. The summed E-state index contributed by atoms with van der Waals surface area (Å²) in [5.74, 6) is 2.18. The van der Waals surface area contributed by atoms with Crippen LogP contribution < -0.4 is 10.2 Å². The number of likely N-dealkylation sites (tertiary alicyclic amines) is 1. The van der Waals surface area contributed by atoms with Crippen LogP contribution in [-0.2, 0) is 20.7 Å². The van der Waals surface area contributed by atoms with E-state index in [0.717, 1.165) is 53.4 Å². The maximum atomic E-state index is 13.1. The monoisotopic (exact) mass is 533 g/mol. The molecular weight excluding hydrogens is 493 g/mol. The molecule has 2 aromatic rings. The number of nitrogens with one attached hydrogen (secondary N) is 1. The Kier molecular flexibility index (Phi) is 8.26. The molecule has 0 saturated carbocycles. The molecular formula is C26H40BN3O4S2. The first kappa shape index (κ1) is 28.9. The van der Waals surface area contributed by atoms with E-state index in [9.17, 15) is 4.79 Å². The number of amides is 1. The van der Waals surface area contributed by atoms with Crippen molar-refractivity contribution < 1.29 is 18.8 Å². The second kappa shape index (κ2) is 10.3. The van der Waals surface area contributed by atoms with Gasteiger partial charge in [0.2, 0.25) is 5.91 Å². The predicted molar refractivity (Wildman–Crippen MR) is 153 cm³/mol. The Labute approximate surface area is 229 Å². The van der Waals surface area contributed by atoms with Gasteiger partial charge < -0.3 is 23.9 Å². The van der Waals surface area contributed by atoms with Gasteiger partial charge in [0.1, 0.15) is 18.2 Å². The maximum Gasteiger partial charge on any atom is 0.494 e. The number of H-pyrrole nitrogens is 1. The summed E-state index contributed by atoms with van der Waals surface area (Å²) in [6.07, 6.45) is 1.93. The van der Waals surface area contributed by atoms with E-state index in [0.29, 0.717) is 12.5 Å². The minimum Gasteiger partial charge on any atom is -0.487 e. The Bertz CT molecular complexity index is 1100. The van der Waals surface area contributed by atoms with Crippen molar-refractivity contribution in [2.45, 2.75) is 85.2 Å². The summed E-state index contributed by atoms with van der Waals surface area (Å²) in [5.41, 5.74) is 2.98. The van der Waals surface area contributed by atoms with Crippen molar-refractivity contribution in [1.29, 1.82) is 0 Å². The average Bonchev–Trinajstić information content (AvgIpc) is 3.47. The molecule has 3 aliphatic heterocycles. The molecule has 0 bridgehead atoms. The van der Waals surface area contributed by atoms with E-state index in [1.807, 2.05) is 30.0 Å². The number of nitrogens with zero attached hydrogens (tertiary/aromatic N) is 2. The number of fused-ring (bicyclic) bond motifs is 3. The molecule has 0 aliphatic carbocycles. The lowest BCUT2D eigenvalue weighted by Gasteiger charge is -2.32. The first-order valence-corrected chi connectivity index (χ1v) is 12.5. The number of aromatic nitrogens is 2. The Morgan fingerprint density at radius 1 is 1.14 bits per heavy atom. The highest BCUT2D eigenvalue weighted by molar-refractivity contribution is 7.59. The number of hydrogen-bond acceptors (Lipinski definition) is 5. The summed E-state index contributed by atoms with van der Waals surface area (Å²) in [7, 11) is -0.434. The van der Waals surface area contributed by atoms with Crippen LogP contribution in [0.4, 0.5) is 0 Å². The van der Waals surface area contributed by atoms with Crippen LogP contribution in [0.15, 0.2) is 18.2 Å². The minimum absolute atomic E-state index is 0. The van der Waals surface area contributed by atoms with E-state index in [-0.39, 0.29) is 44.9 Å². The van der Waals surface area contributed by atoms with Crippen LogP contribution in [0.1, 0.15) is 78.9 Å². The molecule has 1 amide bonds. The first-order chi connectivity index (χ1) is 16.0. The largest absolute Gasteiger partial charge is 0.494 e. The third-order valence-electron chi connectivity index (χ3n) is 8.20. The fourth-order valence-electron chi connectivity index (χ4n) is 4.91. The standard InChI is InChI=1S/C26H36BN3O4.2H2S/c1-15(2)16(3)24(31)30-12-8-9-20(30)23-28-19-14-32-21-13-17(10-11-18(21)22(19)29-23)27-33-25(4,5)26(6,7)34-27;;/h10-11,13,15-16,20H,8-9,12,14H2,1-7H3,(H,28,29);2*1H2/t16-,20-;;/m0../s1. The van der Waals surface area contributed by atoms with Gasteiger partial charge in [0.05, 0.1) is 28.6 Å². The topological polar surface area (TPSA) is 76.7 Å². The van der Waals surface area contributed by atoms with Crippen molar-refractivity contribution in [1.82, 2.24) is 14.9 Å². The Morgan fingerprint density at radius 3 is 2.44 bits per heavy atom. The molecule has 10 heteroatoms. The Morgan fingerprint density at radius 2 is 1.81 bits per heavy atom. The molecule has 3 aliphatic rings. The van der Waals surface area contributed by atoms with Gasteiger partial charge in [-0.2, -0.15) is 27.0 Å². The predicted octanol–water partition coefficient (Wildman–Crippen LogP) is 4.45. The van der Waals surface area contributed by atoms with Crippen molar-refractivity contribution in [2.24, 2.45) is 11.8 Å². The van der Waals surface area contributed by atoms with E-state index in [1.165, 1.54) is 0 Å². The van der Waals surface area contributed by atoms with Gasteiger partial charge in [0, 0.05) is 18.0 Å². The summed E-state index contributed by atoms with van der Waals surface area (Å²) in [4.78, 5) is 23.6. The molecule has 5 rings (SSSR count). The highest BCUT2D eigenvalue weighted by atomic mass is 32.1. The smallest absolute Gasteiger partial charge is 0.487 e. The van der Waals surface area contributed by atoms with E-state index in [4.69, 9.17) is 19.0 Å². The molecule has 0 radical (unpaired) electrons. The number of carbonyl (C=O) groups is 1. The van der Waals surface area contributed by atoms with Gasteiger partial charge >= 0.3 is 7.12 Å². The van der Waals surface area contributed by atoms with Gasteiger partial charge in [-0.05, 0) is 64.1 Å². The molecule has 36 heavy (non-hydrogen) atoms. The fraction of sp³-hybridized carbons (Fsp3) is 0.615. The number of hydrogen-bond donors (Lipinski definition) is 1. The molecule has 2 fully saturated rings. The molecule has 2 atom stereocenters. The number of carbonyl (C=O) groups excluding carboxylic acids is 1. The van der Waals surface area contributed by atoms with Crippen molar-refractivity contribution in [3.63, 3.8) is 0 Å². The van der Waals surface area contributed by atoms with Crippen LogP contribution in [-0.4, -0.2) is 45.6 Å². The van der Waals surface area contributed by atoms with Crippen molar-refractivity contribution >= 4 is 45.5 Å². The van der Waals surface area contributed by atoms with Crippen molar-refractivity contribution in [2.75, 3.05) is 6.54 Å². The lowest BCUT2D eigenvalue weighted by atomic mass is 9.78. The van der Waals surface area contributed by atoms with Gasteiger partial charge in [0.25, 0.3) is 0 Å². The molecule has 198 valence electrons. The SMILES string of the molecule is CC(C)[C@H](C)C(=O)N1CCC[C@H]1c1nc2c([nH]1)COc1cc(B3OC(C)(C)C(C)(C)O3)ccc1-2.S.S. The van der Waals surface area contributed by atoms with E-state index >= 15 is 0 Å². The second-order valence-electron chi connectivity index (χ2n) is 11.3. The van der Waals surface area contributed by atoms with Crippen LogP contribution in [0.5, 0.6) is 5.75 Å². The molecule has 4 heterocycles. The molecule has 0 spiro atoms. The third-order valence-corrected chi connectivity index (χ3v) is 8.20. The van der Waals surface area contributed by atoms with Crippen molar-refractivity contribution in [3.8, 4) is 17.0 Å². The number of rotatable bonds is 4. The van der Waals surface area contributed by atoms with Crippen LogP contribution in [0.3, 0.4) is 0 Å². The van der Waals surface area contributed by atoms with Crippen LogP contribution >= 0.6 is 27.0 Å². The van der Waals surface area contributed by atoms with Gasteiger partial charge in [-0.3, -0.25) is 4.79 Å². The molecule has 1 aromatic heterocycles. The van der Waals surface area contributed by atoms with Crippen LogP contribution in [0.25, 0.3) is 11.3 Å². The lowest BCUT2D eigenvalue weighted by molar-refractivity contribution is -0.137. The highest BCUT2D eigenvalue weighted by Gasteiger charge is 2.52. The highest BCUT2D eigenvalue weighted by Crippen LogP contribution is 2.41. The molecule has 1 N–H and O–H groups in total. The zero-order valence-electron chi connectivity index (χ0n) is 22.4. The normalized spacial score (nSPS) is 22.3. The summed E-state index contributed by atoms with van der Waals surface area (Å²) in [5, 5.41) is 0. The van der Waals surface area contributed by atoms with Gasteiger partial charge in [-0.15, -0.1) is 0 Å². The van der Waals surface area contributed by atoms with Gasteiger partial charge in [-0.25, -0.2) is 4.98 Å². The second-order valence-corrected chi connectivity index (χ2v) is 11.3. The average molecular weight is 534 g/mol. The zero-order chi connectivity index (χ0) is 24.4. The van der Waals surface area contributed by atoms with Crippen molar-refractivity contribution in [3.05, 3.63) is 29.7 Å². The molecule has 0 unspecified atom stereocenters. The Hall–Kier alpha value is -1.62. The van der Waals surface area contributed by atoms with Crippen LogP contribution in [0, 0.1) is 11.8 Å². The zero-order valence-corrected chi connectivity index (χ0v) is 24.4. The van der Waals surface area contributed by atoms with E-state index < -0.39 is 18.3 Å². The Balaban J connectivity index is 0.00000180. The molecule has 7 nitrogen and oxygen atoms in total. The maximum absolute atomic E-state index is 13.1. The third kappa shape index (κ3) is 4.82. The number of aromatic amines is 1. The number of benzene rings is 1. The summed E-state index contributed by atoms with van der Waals surface area (Å²) in [6, 6.07) is 6.07. The number of imidazole rings is 1. The fourth-order valence-corrected chi connectivity index (χ4v) is 4.91. The molecule has 1 aromatic carbocycles. The molecule has 2 saturated heterocycles. The summed E-state index contributed by atoms with van der Waals surface area (Å²) in [6.45, 7) is 15.7.